The highest BCUT2D eigenvalue weighted by atomic mass is 16.6. The zero-order valence-electron chi connectivity index (χ0n) is 47.6. The van der Waals surface area contributed by atoms with Crippen molar-refractivity contribution >= 4 is 0 Å². The SMILES string of the molecule is c1ccc(COc2cc(OCc3ccccc3)c3c(c2)O[C@H](c2ccc(OCc4ccccc4)c(OCc4ccccc4)c2)[C@@H](OCc2cn(Cc4cc(OCc5ccccc5)c(OCc5ccccc5)c(OCc5ccccc5)c4)nn2)C3)cc1. The monoisotopic (exact) mass is 1140 g/mol. The fourth-order valence-electron chi connectivity index (χ4n) is 10.1. The number of benzene rings is 10. The minimum Gasteiger partial charge on any atom is -0.489 e. The van der Waals surface area contributed by atoms with Gasteiger partial charge in [0.05, 0.1) is 19.3 Å². The van der Waals surface area contributed by atoms with E-state index in [4.69, 9.17) is 42.6 Å². The Hall–Kier alpha value is -10.3. The standard InChI is InChI=1S/C74H65N3O9/c1-8-22-54(23-9-1)46-78-64-41-67(80-48-56-26-12-3-13-27-56)65-43-72(73(86-68(65)42-64)62-36-37-66(79-47-55-24-10-2-11-25-55)69(40-62)81-49-57-28-14-4-15-29-57)84-53-63-45-77(76-75-63)44-61-38-70(82-50-58-30-16-5-17-31-58)74(85-52-60-34-20-7-21-35-60)71(39-61)83-51-59-32-18-6-19-33-59/h1-42,45,72-73H,43-44,46-53H2/t72-,73+/m0/s1. The number of hydrogen-bond donors (Lipinski definition) is 0. The lowest BCUT2D eigenvalue weighted by atomic mass is 9.93. The Morgan fingerprint density at radius 2 is 0.791 bits per heavy atom. The van der Waals surface area contributed by atoms with Crippen molar-refractivity contribution < 1.29 is 42.6 Å². The van der Waals surface area contributed by atoms with E-state index >= 15 is 0 Å². The van der Waals surface area contributed by atoms with Crippen molar-refractivity contribution in [1.29, 1.82) is 0 Å². The minimum atomic E-state index is -0.627. The van der Waals surface area contributed by atoms with E-state index < -0.39 is 12.2 Å². The number of hydrogen-bond acceptors (Lipinski definition) is 11. The van der Waals surface area contributed by atoms with Crippen LogP contribution in [0.15, 0.2) is 261 Å². The fraction of sp³-hybridized carbons (Fsp3) is 0.162. The quantitative estimate of drug-likeness (QED) is 0.0490. The van der Waals surface area contributed by atoms with Crippen molar-refractivity contribution in [2.75, 3.05) is 0 Å². The van der Waals surface area contributed by atoms with E-state index in [1.165, 1.54) is 0 Å². The summed E-state index contributed by atoms with van der Waals surface area (Å²) in [6.07, 6.45) is 1.16. The molecule has 12 nitrogen and oxygen atoms in total. The van der Waals surface area contributed by atoms with Gasteiger partial charge in [0.25, 0.3) is 0 Å². The fourth-order valence-corrected chi connectivity index (χ4v) is 10.1. The first kappa shape index (κ1) is 56.2. The average molecular weight is 1140 g/mol. The summed E-state index contributed by atoms with van der Waals surface area (Å²) in [5.74, 6) is 4.65. The van der Waals surface area contributed by atoms with Crippen LogP contribution in [0.4, 0.5) is 0 Å². The maximum absolute atomic E-state index is 7.19. The highest BCUT2D eigenvalue weighted by molar-refractivity contribution is 5.55. The van der Waals surface area contributed by atoms with E-state index in [-0.39, 0.29) is 6.61 Å². The second-order valence-electron chi connectivity index (χ2n) is 20.9. The summed E-state index contributed by atoms with van der Waals surface area (Å²) in [6.45, 7) is 2.82. The van der Waals surface area contributed by atoms with E-state index in [9.17, 15) is 0 Å². The first-order valence-electron chi connectivity index (χ1n) is 28.9. The summed E-state index contributed by atoms with van der Waals surface area (Å²) in [4.78, 5) is 0. The van der Waals surface area contributed by atoms with Crippen LogP contribution in [0.5, 0.6) is 46.0 Å². The van der Waals surface area contributed by atoms with Gasteiger partial charge in [0.15, 0.2) is 29.1 Å². The lowest BCUT2D eigenvalue weighted by Crippen LogP contribution is -2.33. The van der Waals surface area contributed by atoms with Crippen LogP contribution in [-0.4, -0.2) is 21.1 Å². The largest absolute Gasteiger partial charge is 0.489 e. The maximum atomic E-state index is 7.19. The van der Waals surface area contributed by atoms with E-state index in [0.29, 0.717) is 111 Å². The molecule has 12 rings (SSSR count). The molecule has 0 saturated heterocycles. The van der Waals surface area contributed by atoms with Crippen LogP contribution in [0.25, 0.3) is 0 Å². The van der Waals surface area contributed by atoms with Gasteiger partial charge < -0.3 is 42.6 Å². The van der Waals surface area contributed by atoms with Gasteiger partial charge in [-0.2, -0.15) is 0 Å². The van der Waals surface area contributed by atoms with E-state index in [0.717, 1.165) is 55.6 Å². The van der Waals surface area contributed by atoms with Crippen LogP contribution >= 0.6 is 0 Å². The predicted octanol–water partition coefficient (Wildman–Crippen LogP) is 15.6. The third-order valence-corrected chi connectivity index (χ3v) is 14.6. The summed E-state index contributed by atoms with van der Waals surface area (Å²) in [5.41, 5.74) is 10.4. The molecule has 12 heteroatoms. The van der Waals surface area contributed by atoms with Crippen LogP contribution in [-0.2, 0) is 70.6 Å². The molecule has 10 aromatic carbocycles. The molecule has 2 heterocycles. The molecular weight excluding hydrogens is 1070 g/mol. The highest BCUT2D eigenvalue weighted by Crippen LogP contribution is 2.46. The first-order chi connectivity index (χ1) is 42.6. The molecule has 0 bridgehead atoms. The molecule has 0 radical (unpaired) electrons. The van der Waals surface area contributed by atoms with Crippen molar-refractivity contribution in [2.24, 2.45) is 0 Å². The van der Waals surface area contributed by atoms with Crippen molar-refractivity contribution in [3.8, 4) is 46.0 Å². The van der Waals surface area contributed by atoms with Gasteiger partial charge in [-0.25, -0.2) is 4.68 Å². The Morgan fingerprint density at radius 1 is 0.372 bits per heavy atom. The molecule has 86 heavy (non-hydrogen) atoms. The molecule has 1 aliphatic heterocycles. The summed E-state index contributed by atoms with van der Waals surface area (Å²) in [7, 11) is 0. The van der Waals surface area contributed by atoms with Gasteiger partial charge in [-0.3, -0.25) is 0 Å². The number of rotatable bonds is 27. The number of fused-ring (bicyclic) bond motifs is 1. The van der Waals surface area contributed by atoms with Crippen LogP contribution in [0.1, 0.15) is 67.4 Å². The van der Waals surface area contributed by atoms with E-state index in [1.54, 1.807) is 4.68 Å². The molecule has 0 amide bonds. The predicted molar refractivity (Wildman–Crippen MR) is 330 cm³/mol. The Bertz CT molecular complexity index is 3810. The lowest BCUT2D eigenvalue weighted by molar-refractivity contribution is -0.0478. The molecule has 0 saturated carbocycles. The smallest absolute Gasteiger partial charge is 0.203 e. The molecule has 1 aliphatic rings. The van der Waals surface area contributed by atoms with Gasteiger partial charge in [0.2, 0.25) is 5.75 Å². The molecule has 2 atom stereocenters. The van der Waals surface area contributed by atoms with Gasteiger partial charge in [0, 0.05) is 24.1 Å². The van der Waals surface area contributed by atoms with Crippen LogP contribution in [0.2, 0.25) is 0 Å². The maximum Gasteiger partial charge on any atom is 0.203 e. The normalized spacial score (nSPS) is 13.4. The zero-order valence-corrected chi connectivity index (χ0v) is 47.6. The van der Waals surface area contributed by atoms with E-state index in [2.05, 4.69) is 10.3 Å². The van der Waals surface area contributed by atoms with Crippen molar-refractivity contribution in [3.63, 3.8) is 0 Å². The van der Waals surface area contributed by atoms with Gasteiger partial charge in [-0.1, -0.05) is 224 Å². The Labute approximate surface area is 501 Å². The molecule has 0 spiro atoms. The molecular formula is C74H65N3O9. The van der Waals surface area contributed by atoms with Gasteiger partial charge >= 0.3 is 0 Å². The Balaban J connectivity index is 0.851. The third-order valence-electron chi connectivity index (χ3n) is 14.6. The molecule has 0 N–H and O–H groups in total. The van der Waals surface area contributed by atoms with Crippen molar-refractivity contribution in [2.45, 2.75) is 78.0 Å². The van der Waals surface area contributed by atoms with Crippen molar-refractivity contribution in [3.05, 3.63) is 322 Å². The molecule has 430 valence electrons. The number of nitrogens with zero attached hydrogens (tertiary/aromatic N) is 3. The summed E-state index contributed by atoms with van der Waals surface area (Å²) in [5, 5.41) is 9.29. The lowest BCUT2D eigenvalue weighted by Gasteiger charge is -2.35. The second kappa shape index (κ2) is 28.3. The van der Waals surface area contributed by atoms with Gasteiger partial charge in [0.1, 0.15) is 75.3 Å². The third kappa shape index (κ3) is 15.3. The summed E-state index contributed by atoms with van der Waals surface area (Å²) in [6, 6.07) is 84.4. The van der Waals surface area contributed by atoms with Gasteiger partial charge in [-0.15, -0.1) is 5.10 Å². The zero-order chi connectivity index (χ0) is 58.0. The Kier molecular flexibility index (Phi) is 18.5. The first-order valence-corrected chi connectivity index (χ1v) is 28.9. The van der Waals surface area contributed by atoms with E-state index in [1.807, 2.05) is 261 Å². The molecule has 1 aromatic heterocycles. The molecule has 0 aliphatic carbocycles. The number of ether oxygens (including phenoxy) is 9. The number of aromatic nitrogens is 3. The summed E-state index contributed by atoms with van der Waals surface area (Å²) >= 11 is 0. The summed E-state index contributed by atoms with van der Waals surface area (Å²) < 4.78 is 62.1. The molecule has 0 unspecified atom stereocenters. The minimum absolute atomic E-state index is 0.122. The average Bonchev–Trinajstić information content (AvgIpc) is 1.54. The topological polar surface area (TPSA) is 114 Å². The van der Waals surface area contributed by atoms with Crippen molar-refractivity contribution in [1.82, 2.24) is 15.0 Å². The van der Waals surface area contributed by atoms with Crippen LogP contribution < -0.4 is 37.9 Å². The Morgan fingerprint density at radius 3 is 1.27 bits per heavy atom. The van der Waals surface area contributed by atoms with Gasteiger partial charge in [-0.05, 0) is 74.3 Å². The molecule has 11 aromatic rings. The highest BCUT2D eigenvalue weighted by Gasteiger charge is 2.36. The van der Waals surface area contributed by atoms with Crippen LogP contribution in [0.3, 0.4) is 0 Å². The second-order valence-corrected chi connectivity index (χ2v) is 20.9. The van der Waals surface area contributed by atoms with Crippen LogP contribution in [0, 0.1) is 0 Å². The molecule has 0 fully saturated rings.